The smallest absolute Gasteiger partial charge is 0.265 e. The lowest BCUT2D eigenvalue weighted by Crippen LogP contribution is -2.18. The molecule has 0 fully saturated rings. The highest BCUT2D eigenvalue weighted by Gasteiger charge is 2.19. The van der Waals surface area contributed by atoms with Gasteiger partial charge in [0.25, 0.3) is 5.91 Å². The minimum Gasteiger partial charge on any atom is -0.462 e. The molecule has 30 heavy (non-hydrogen) atoms. The fraction of sp³-hybridized carbons (Fsp3) is 0. The highest BCUT2D eigenvalue weighted by atomic mass is 32.1. The maximum atomic E-state index is 12.5. The van der Waals surface area contributed by atoms with Crippen LogP contribution >= 0.6 is 19.5 Å². The van der Waals surface area contributed by atoms with E-state index >= 15 is 0 Å². The van der Waals surface area contributed by atoms with Gasteiger partial charge in [0.05, 0.1) is 4.88 Å². The van der Waals surface area contributed by atoms with Crippen LogP contribution in [0, 0.1) is 0 Å². The van der Waals surface area contributed by atoms with Crippen LogP contribution in [0.25, 0.3) is 5.76 Å². The van der Waals surface area contributed by atoms with Gasteiger partial charge < -0.3 is 9.84 Å². The Balaban J connectivity index is 1.68. The van der Waals surface area contributed by atoms with Crippen molar-refractivity contribution >= 4 is 41.8 Å². The van der Waals surface area contributed by atoms with Gasteiger partial charge in [-0.1, -0.05) is 97.1 Å². The molecule has 1 aromatic heterocycles. The summed E-state index contributed by atoms with van der Waals surface area (Å²) in [6.45, 7) is 0. The maximum absolute atomic E-state index is 12.5. The third-order valence-corrected chi connectivity index (χ3v) is 7.09. The van der Waals surface area contributed by atoms with E-state index in [1.165, 1.54) is 11.3 Å². The van der Waals surface area contributed by atoms with Gasteiger partial charge in [0.2, 0.25) is 0 Å². The van der Waals surface area contributed by atoms with Crippen LogP contribution in [-0.2, 0) is 4.52 Å². The summed E-state index contributed by atoms with van der Waals surface area (Å²) < 4.78 is 6.59. The van der Waals surface area contributed by atoms with Gasteiger partial charge in [-0.3, -0.25) is 4.79 Å². The SMILES string of the molecule is O=C(NC=C(OP(c1ccccc1)c1ccccc1)c1ccccc1)c1cccs1. The second-order valence-corrected chi connectivity index (χ2v) is 9.13. The molecule has 0 saturated carbocycles. The molecule has 0 unspecified atom stereocenters. The standard InChI is InChI=1S/C25H20NO2PS/c27-25(24-17-10-18-30-24)26-19-23(20-11-4-1-5-12-20)28-29(21-13-6-2-7-14-21)22-15-8-3-9-16-22/h1-19H,(H,26,27). The molecule has 0 radical (unpaired) electrons. The lowest BCUT2D eigenvalue weighted by atomic mass is 10.2. The molecule has 0 atom stereocenters. The van der Waals surface area contributed by atoms with Crippen LogP contribution in [-0.4, -0.2) is 5.91 Å². The number of nitrogens with one attached hydrogen (secondary N) is 1. The molecule has 0 saturated heterocycles. The summed E-state index contributed by atoms with van der Waals surface area (Å²) in [5, 5.41) is 6.98. The van der Waals surface area contributed by atoms with Crippen molar-refractivity contribution in [3.8, 4) is 0 Å². The fourth-order valence-electron chi connectivity index (χ4n) is 2.85. The van der Waals surface area contributed by atoms with Crippen molar-refractivity contribution in [2.24, 2.45) is 0 Å². The summed E-state index contributed by atoms with van der Waals surface area (Å²) in [5.41, 5.74) is 0.906. The van der Waals surface area contributed by atoms with Crippen LogP contribution in [0.15, 0.2) is 115 Å². The van der Waals surface area contributed by atoms with Crippen molar-refractivity contribution in [2.45, 2.75) is 0 Å². The zero-order valence-corrected chi connectivity index (χ0v) is 17.9. The van der Waals surface area contributed by atoms with E-state index < -0.39 is 8.15 Å². The van der Waals surface area contributed by atoms with Gasteiger partial charge in [0.15, 0.2) is 8.15 Å². The molecule has 4 aromatic rings. The zero-order valence-electron chi connectivity index (χ0n) is 16.1. The molecule has 5 heteroatoms. The van der Waals surface area contributed by atoms with Crippen LogP contribution in [0.4, 0.5) is 0 Å². The fourth-order valence-corrected chi connectivity index (χ4v) is 5.23. The van der Waals surface area contributed by atoms with Crippen molar-refractivity contribution < 1.29 is 9.32 Å². The highest BCUT2D eigenvalue weighted by Crippen LogP contribution is 2.40. The largest absolute Gasteiger partial charge is 0.462 e. The number of carbonyl (C=O) groups is 1. The molecule has 1 heterocycles. The molecule has 0 aliphatic heterocycles. The van der Waals surface area contributed by atoms with Crippen LogP contribution in [0.3, 0.4) is 0 Å². The predicted molar refractivity (Wildman–Crippen MR) is 126 cm³/mol. The Labute approximate surface area is 181 Å². The Hall–Kier alpha value is -3.20. The van der Waals surface area contributed by atoms with Crippen LogP contribution < -0.4 is 15.9 Å². The molecule has 0 aliphatic carbocycles. The number of carbonyl (C=O) groups excluding carboxylic acids is 1. The van der Waals surface area contributed by atoms with E-state index in [4.69, 9.17) is 4.52 Å². The van der Waals surface area contributed by atoms with Gasteiger partial charge in [-0.2, -0.15) is 0 Å². The van der Waals surface area contributed by atoms with E-state index in [-0.39, 0.29) is 5.91 Å². The van der Waals surface area contributed by atoms with Gasteiger partial charge in [0.1, 0.15) is 5.76 Å². The summed E-state index contributed by atoms with van der Waals surface area (Å²) in [6, 6.07) is 33.9. The zero-order chi connectivity index (χ0) is 20.6. The third-order valence-electron chi connectivity index (χ3n) is 4.31. The summed E-state index contributed by atoms with van der Waals surface area (Å²) >= 11 is 1.41. The van der Waals surface area contributed by atoms with E-state index in [1.54, 1.807) is 12.3 Å². The predicted octanol–water partition coefficient (Wildman–Crippen LogP) is 5.54. The van der Waals surface area contributed by atoms with Crippen LogP contribution in [0.1, 0.15) is 15.2 Å². The molecule has 3 aromatic carbocycles. The molecule has 1 N–H and O–H groups in total. The minimum absolute atomic E-state index is 0.147. The van der Waals surface area contributed by atoms with Gasteiger partial charge in [-0.05, 0) is 11.4 Å². The number of rotatable bonds is 7. The van der Waals surface area contributed by atoms with Gasteiger partial charge in [0, 0.05) is 22.4 Å². The summed E-state index contributed by atoms with van der Waals surface area (Å²) in [7, 11) is -1.11. The molecule has 0 bridgehead atoms. The molecular formula is C25H20NO2PS. The third kappa shape index (κ3) is 5.04. The number of amides is 1. The van der Waals surface area contributed by atoms with Crippen molar-refractivity contribution in [1.82, 2.24) is 5.32 Å². The summed E-state index contributed by atoms with van der Waals surface area (Å²) in [6.07, 6.45) is 1.67. The Morgan fingerprint density at radius 1 is 0.767 bits per heavy atom. The molecule has 0 spiro atoms. The first kappa shape index (κ1) is 20.1. The lowest BCUT2D eigenvalue weighted by Gasteiger charge is -2.21. The van der Waals surface area contributed by atoms with Crippen molar-refractivity contribution in [1.29, 1.82) is 0 Å². The van der Waals surface area contributed by atoms with Crippen molar-refractivity contribution in [3.63, 3.8) is 0 Å². The average molecular weight is 429 g/mol. The number of benzene rings is 3. The van der Waals surface area contributed by atoms with Gasteiger partial charge >= 0.3 is 0 Å². The topological polar surface area (TPSA) is 38.3 Å². The van der Waals surface area contributed by atoms with Crippen molar-refractivity contribution in [2.75, 3.05) is 0 Å². The Bertz CT molecular complexity index is 1060. The highest BCUT2D eigenvalue weighted by molar-refractivity contribution is 7.68. The number of hydrogen-bond donors (Lipinski definition) is 1. The Kier molecular flexibility index (Phi) is 6.71. The second-order valence-electron chi connectivity index (χ2n) is 6.38. The Morgan fingerprint density at radius 2 is 1.33 bits per heavy atom. The van der Waals surface area contributed by atoms with E-state index in [1.807, 2.05) is 78.2 Å². The summed E-state index contributed by atoms with van der Waals surface area (Å²) in [4.78, 5) is 13.1. The number of thiophene rings is 1. The first-order chi connectivity index (χ1) is 14.8. The molecule has 4 rings (SSSR count). The Morgan fingerprint density at radius 3 is 1.87 bits per heavy atom. The van der Waals surface area contributed by atoms with Crippen LogP contribution in [0.2, 0.25) is 0 Å². The minimum atomic E-state index is -1.11. The molecule has 3 nitrogen and oxygen atoms in total. The van der Waals surface area contributed by atoms with E-state index in [0.29, 0.717) is 10.6 Å². The first-order valence-electron chi connectivity index (χ1n) is 9.49. The van der Waals surface area contributed by atoms with E-state index in [0.717, 1.165) is 16.2 Å². The summed E-state index contributed by atoms with van der Waals surface area (Å²) in [5.74, 6) is 0.477. The van der Waals surface area contributed by atoms with E-state index in [9.17, 15) is 4.79 Å². The molecule has 0 aliphatic rings. The number of hydrogen-bond acceptors (Lipinski definition) is 3. The van der Waals surface area contributed by atoms with Crippen molar-refractivity contribution in [3.05, 3.63) is 125 Å². The maximum Gasteiger partial charge on any atom is 0.265 e. The quantitative estimate of drug-likeness (QED) is 0.309. The van der Waals surface area contributed by atoms with E-state index in [2.05, 4.69) is 29.6 Å². The normalized spacial score (nSPS) is 11.3. The molecule has 148 valence electrons. The van der Waals surface area contributed by atoms with Gasteiger partial charge in [-0.15, -0.1) is 11.3 Å². The van der Waals surface area contributed by atoms with Crippen LogP contribution in [0.5, 0.6) is 0 Å². The molecular weight excluding hydrogens is 409 g/mol. The van der Waals surface area contributed by atoms with Gasteiger partial charge in [-0.25, -0.2) is 0 Å². The first-order valence-corrected chi connectivity index (χ1v) is 11.6. The molecule has 1 amide bonds. The monoisotopic (exact) mass is 429 g/mol. The second kappa shape index (κ2) is 10.0. The average Bonchev–Trinajstić information content (AvgIpc) is 3.36. The lowest BCUT2D eigenvalue weighted by molar-refractivity contribution is 0.0973.